The maximum absolute atomic E-state index is 13.0. The normalized spacial score (nSPS) is 11.3. The number of nitrogens with two attached hydrogens (primary N) is 1. The zero-order valence-electron chi connectivity index (χ0n) is 10.3. The number of sulfonamides is 1. The second kappa shape index (κ2) is 5.80. The molecule has 0 spiro atoms. The summed E-state index contributed by atoms with van der Waals surface area (Å²) in [6, 6.07) is 10.4. The number of hydrogen-bond acceptors (Lipinski definition) is 3. The Balaban J connectivity index is 2.19. The Morgan fingerprint density at radius 3 is 2.60 bits per heavy atom. The molecule has 0 aliphatic carbocycles. The van der Waals surface area contributed by atoms with Crippen molar-refractivity contribution in [2.24, 2.45) is 0 Å². The van der Waals surface area contributed by atoms with Crippen LogP contribution in [0.25, 0.3) is 0 Å². The maximum Gasteiger partial charge on any atom is 0.236 e. The summed E-state index contributed by atoms with van der Waals surface area (Å²) in [4.78, 5) is 0. The standard InChI is InChI=1S/C13H12BrFN2O2S/c14-12-7-10(15)4-5-13(12)17-20(18,19)8-9-2-1-3-11(16)6-9/h1-7,17H,8,16H2. The second-order valence-electron chi connectivity index (χ2n) is 4.23. The predicted molar refractivity (Wildman–Crippen MR) is 81.2 cm³/mol. The zero-order valence-corrected chi connectivity index (χ0v) is 12.7. The van der Waals surface area contributed by atoms with Gasteiger partial charge < -0.3 is 5.73 Å². The summed E-state index contributed by atoms with van der Waals surface area (Å²) in [5.74, 6) is -0.655. The Morgan fingerprint density at radius 1 is 1.20 bits per heavy atom. The van der Waals surface area contributed by atoms with E-state index in [1.54, 1.807) is 24.3 Å². The Morgan fingerprint density at radius 2 is 1.95 bits per heavy atom. The highest BCUT2D eigenvalue weighted by atomic mass is 79.9. The van der Waals surface area contributed by atoms with Gasteiger partial charge in [-0.25, -0.2) is 12.8 Å². The largest absolute Gasteiger partial charge is 0.399 e. The average molecular weight is 359 g/mol. The second-order valence-corrected chi connectivity index (χ2v) is 6.81. The third-order valence-electron chi connectivity index (χ3n) is 2.50. The fraction of sp³-hybridized carbons (Fsp3) is 0.0769. The predicted octanol–water partition coefficient (Wildman–Crippen LogP) is 3.11. The van der Waals surface area contributed by atoms with Gasteiger partial charge in [-0.2, -0.15) is 0 Å². The van der Waals surface area contributed by atoms with Gasteiger partial charge in [-0.3, -0.25) is 4.72 Å². The molecule has 0 aliphatic rings. The molecule has 2 aromatic carbocycles. The Kier molecular flexibility index (Phi) is 4.29. The van der Waals surface area contributed by atoms with Gasteiger partial charge in [-0.15, -0.1) is 0 Å². The van der Waals surface area contributed by atoms with Crippen LogP contribution in [0.3, 0.4) is 0 Å². The summed E-state index contributed by atoms with van der Waals surface area (Å²) in [7, 11) is -3.60. The number of nitrogen functional groups attached to an aromatic ring is 1. The molecule has 0 radical (unpaired) electrons. The molecule has 4 nitrogen and oxygen atoms in total. The van der Waals surface area contributed by atoms with Crippen molar-refractivity contribution in [1.29, 1.82) is 0 Å². The van der Waals surface area contributed by atoms with Gasteiger partial charge in [0.2, 0.25) is 10.0 Å². The third kappa shape index (κ3) is 3.94. The maximum atomic E-state index is 13.0. The van der Waals surface area contributed by atoms with Crippen molar-refractivity contribution in [3.63, 3.8) is 0 Å². The highest BCUT2D eigenvalue weighted by molar-refractivity contribution is 9.10. The summed E-state index contributed by atoms with van der Waals surface area (Å²) in [6.45, 7) is 0. The lowest BCUT2D eigenvalue weighted by Gasteiger charge is -2.10. The SMILES string of the molecule is Nc1cccc(CS(=O)(=O)Nc2ccc(F)cc2Br)c1. The monoisotopic (exact) mass is 358 g/mol. The van der Waals surface area contributed by atoms with Crippen molar-refractivity contribution in [1.82, 2.24) is 0 Å². The Hall–Kier alpha value is -1.60. The lowest BCUT2D eigenvalue weighted by molar-refractivity contribution is 0.600. The fourth-order valence-electron chi connectivity index (χ4n) is 1.68. The first kappa shape index (κ1) is 14.8. The van der Waals surface area contributed by atoms with E-state index in [1.807, 2.05) is 0 Å². The first-order chi connectivity index (χ1) is 9.35. The van der Waals surface area contributed by atoms with E-state index in [-0.39, 0.29) is 11.4 Å². The quantitative estimate of drug-likeness (QED) is 0.824. The van der Waals surface area contributed by atoms with E-state index in [1.165, 1.54) is 18.2 Å². The molecule has 7 heteroatoms. The van der Waals surface area contributed by atoms with Crippen molar-refractivity contribution in [3.05, 3.63) is 58.3 Å². The molecule has 2 rings (SSSR count). The molecular weight excluding hydrogens is 347 g/mol. The molecule has 0 saturated carbocycles. The van der Waals surface area contributed by atoms with Crippen molar-refractivity contribution in [2.45, 2.75) is 5.75 Å². The molecule has 0 fully saturated rings. The van der Waals surface area contributed by atoms with Gasteiger partial charge in [0, 0.05) is 10.2 Å². The Bertz CT molecular complexity index is 735. The highest BCUT2D eigenvalue weighted by Gasteiger charge is 2.14. The van der Waals surface area contributed by atoms with E-state index in [0.717, 1.165) is 0 Å². The van der Waals surface area contributed by atoms with E-state index in [2.05, 4.69) is 20.7 Å². The minimum Gasteiger partial charge on any atom is -0.399 e. The van der Waals surface area contributed by atoms with Crippen LogP contribution in [-0.4, -0.2) is 8.42 Å². The van der Waals surface area contributed by atoms with Crippen LogP contribution < -0.4 is 10.5 Å². The van der Waals surface area contributed by atoms with Crippen LogP contribution >= 0.6 is 15.9 Å². The molecule has 0 bridgehead atoms. The van der Waals surface area contributed by atoms with Crippen LogP contribution in [0.4, 0.5) is 15.8 Å². The molecule has 0 atom stereocenters. The molecule has 106 valence electrons. The summed E-state index contributed by atoms with van der Waals surface area (Å²) in [5, 5.41) is 0. The van der Waals surface area contributed by atoms with Crippen LogP contribution in [0.15, 0.2) is 46.9 Å². The first-order valence-electron chi connectivity index (χ1n) is 5.66. The van der Waals surface area contributed by atoms with Crippen LogP contribution in [-0.2, 0) is 15.8 Å². The number of rotatable bonds is 4. The van der Waals surface area contributed by atoms with Crippen LogP contribution in [0.1, 0.15) is 5.56 Å². The molecule has 0 heterocycles. The van der Waals surface area contributed by atoms with Crippen LogP contribution in [0, 0.1) is 5.82 Å². The minimum atomic E-state index is -3.60. The van der Waals surface area contributed by atoms with Crippen LogP contribution in [0.5, 0.6) is 0 Å². The number of anilines is 2. The molecule has 0 saturated heterocycles. The van der Waals surface area contributed by atoms with Crippen molar-refractivity contribution in [3.8, 4) is 0 Å². The van der Waals surface area contributed by atoms with Crippen molar-refractivity contribution < 1.29 is 12.8 Å². The molecule has 2 aromatic rings. The number of halogens is 2. The first-order valence-corrected chi connectivity index (χ1v) is 8.10. The number of nitrogens with one attached hydrogen (secondary N) is 1. The van der Waals surface area contributed by atoms with E-state index in [0.29, 0.717) is 15.7 Å². The van der Waals surface area contributed by atoms with E-state index < -0.39 is 15.8 Å². The summed E-state index contributed by atoms with van der Waals surface area (Å²) < 4.78 is 39.8. The van der Waals surface area contributed by atoms with Gasteiger partial charge in [0.1, 0.15) is 5.82 Å². The molecule has 20 heavy (non-hydrogen) atoms. The molecule has 0 aliphatic heterocycles. The summed E-state index contributed by atoms with van der Waals surface area (Å²) in [6.07, 6.45) is 0. The molecular formula is C13H12BrFN2O2S. The summed E-state index contributed by atoms with van der Waals surface area (Å²) >= 11 is 3.11. The lowest BCUT2D eigenvalue weighted by Crippen LogP contribution is -2.15. The van der Waals surface area contributed by atoms with E-state index in [4.69, 9.17) is 5.73 Å². The van der Waals surface area contributed by atoms with Gasteiger partial charge >= 0.3 is 0 Å². The molecule has 0 amide bonds. The zero-order chi connectivity index (χ0) is 14.8. The minimum absolute atomic E-state index is 0.206. The van der Waals surface area contributed by atoms with Crippen LogP contribution in [0.2, 0.25) is 0 Å². The fourth-order valence-corrected chi connectivity index (χ4v) is 3.46. The van der Waals surface area contributed by atoms with Gasteiger partial charge in [-0.05, 0) is 51.8 Å². The van der Waals surface area contributed by atoms with Crippen molar-refractivity contribution >= 4 is 37.3 Å². The van der Waals surface area contributed by atoms with Gasteiger partial charge in [0.05, 0.1) is 11.4 Å². The van der Waals surface area contributed by atoms with E-state index >= 15 is 0 Å². The Labute approximate surface area is 125 Å². The van der Waals surface area contributed by atoms with Gasteiger partial charge in [-0.1, -0.05) is 12.1 Å². The topological polar surface area (TPSA) is 72.2 Å². The number of hydrogen-bond donors (Lipinski definition) is 2. The third-order valence-corrected chi connectivity index (χ3v) is 4.40. The van der Waals surface area contributed by atoms with E-state index in [9.17, 15) is 12.8 Å². The van der Waals surface area contributed by atoms with Gasteiger partial charge in [0.25, 0.3) is 0 Å². The molecule has 0 unspecified atom stereocenters. The van der Waals surface area contributed by atoms with Crippen molar-refractivity contribution in [2.75, 3.05) is 10.5 Å². The molecule has 3 N–H and O–H groups in total. The number of benzene rings is 2. The average Bonchev–Trinajstić information content (AvgIpc) is 2.32. The molecule has 0 aromatic heterocycles. The smallest absolute Gasteiger partial charge is 0.236 e. The summed E-state index contributed by atoms with van der Waals surface area (Å²) in [5.41, 5.74) is 6.97. The lowest BCUT2D eigenvalue weighted by atomic mass is 10.2. The van der Waals surface area contributed by atoms with Gasteiger partial charge in [0.15, 0.2) is 0 Å². The highest BCUT2D eigenvalue weighted by Crippen LogP contribution is 2.24.